The first kappa shape index (κ1) is 31.5. The van der Waals surface area contributed by atoms with Gasteiger partial charge in [0.15, 0.2) is 6.61 Å². The molecule has 2 N–H and O–H groups in total. The maximum Gasteiger partial charge on any atom is 0.432 e. The Labute approximate surface area is 206 Å². The number of aromatic carboxylic acids is 1. The predicted octanol–water partition coefficient (Wildman–Crippen LogP) is 0.170. The van der Waals surface area contributed by atoms with E-state index in [9.17, 15) is 49.9 Å². The fourth-order valence-electron chi connectivity index (χ4n) is 3.20. The molecule has 36 heavy (non-hydrogen) atoms. The van der Waals surface area contributed by atoms with Crippen molar-refractivity contribution in [3.63, 3.8) is 0 Å². The van der Waals surface area contributed by atoms with Crippen LogP contribution in [-0.2, 0) is 49.7 Å². The molecule has 0 bridgehead atoms. The molecule has 0 amide bonds. The van der Waals surface area contributed by atoms with Crippen molar-refractivity contribution in [2.24, 2.45) is 0 Å². The topological polar surface area (TPSA) is 144 Å². The first-order chi connectivity index (χ1) is 16.4. The molecule has 1 unspecified atom stereocenters. The van der Waals surface area contributed by atoms with Gasteiger partial charge in [-0.2, -0.15) is 30.4 Å². The predicted molar refractivity (Wildman–Crippen MR) is 114 cm³/mol. The van der Waals surface area contributed by atoms with Crippen molar-refractivity contribution in [2.75, 3.05) is 6.61 Å². The van der Waals surface area contributed by atoms with Gasteiger partial charge < -0.3 is 14.6 Å². The zero-order valence-electron chi connectivity index (χ0n) is 18.0. The Morgan fingerprint density at radius 3 is 1.58 bits per heavy atom. The highest BCUT2D eigenvalue weighted by molar-refractivity contribution is 7.86. The van der Waals surface area contributed by atoms with Crippen LogP contribution in [0.25, 0.3) is 0 Å². The highest BCUT2D eigenvalue weighted by Gasteiger charge is 2.66. The number of carbonyl (C=O) groups excluding carboxylic acids is 2. The molecule has 0 saturated carbocycles. The highest BCUT2D eigenvalue weighted by atomic mass is 32.2. The molecule has 8 radical (unpaired) electrons. The summed E-state index contributed by atoms with van der Waals surface area (Å²) in [6, 6.07) is 0. The monoisotopic (exact) mass is 532 g/mol. The smallest absolute Gasteiger partial charge is 0.432 e. The fourth-order valence-corrected chi connectivity index (χ4v) is 3.65. The van der Waals surface area contributed by atoms with Crippen LogP contribution in [0.4, 0.5) is 22.0 Å². The first-order valence-electron chi connectivity index (χ1n) is 9.41. The van der Waals surface area contributed by atoms with Gasteiger partial charge in [0, 0.05) is 0 Å². The number of benzene rings is 1. The SMILES string of the molecule is [B]Cc1c(C[B])c(C[B])c(C(=O)OCC(=O)OC(C(F)(F)F)C(F)(F)S(=O)(=O)O)c(C(=O)O)c1C[B]. The minimum absolute atomic E-state index is 0.102. The van der Waals surface area contributed by atoms with Gasteiger partial charge in [0.25, 0.3) is 6.10 Å². The van der Waals surface area contributed by atoms with Crippen LogP contribution < -0.4 is 0 Å². The summed E-state index contributed by atoms with van der Waals surface area (Å²) in [6.45, 7) is -1.81. The van der Waals surface area contributed by atoms with Crippen LogP contribution in [0.1, 0.15) is 43.0 Å². The Morgan fingerprint density at radius 1 is 0.833 bits per heavy atom. The Hall–Kier alpha value is -2.55. The summed E-state index contributed by atoms with van der Waals surface area (Å²) in [5, 5.41) is 3.61. The van der Waals surface area contributed by atoms with Crippen LogP contribution in [-0.4, -0.2) is 91.5 Å². The Morgan fingerprint density at radius 2 is 1.25 bits per heavy atom. The average Bonchev–Trinajstić information content (AvgIpc) is 2.76. The molecule has 0 saturated heterocycles. The minimum Gasteiger partial charge on any atom is -0.478 e. The second kappa shape index (κ2) is 11.7. The van der Waals surface area contributed by atoms with E-state index in [1.807, 2.05) is 0 Å². The zero-order valence-corrected chi connectivity index (χ0v) is 18.8. The summed E-state index contributed by atoms with van der Waals surface area (Å²) in [4.78, 5) is 36.3. The van der Waals surface area contributed by atoms with E-state index < -0.39 is 75.9 Å². The number of halogens is 5. The van der Waals surface area contributed by atoms with Gasteiger partial charge in [0.2, 0.25) is 0 Å². The standard InChI is InChI=1S/C17H13B4F5O9S/c18-1-6-7(2-19)9(4-21)12(11(13(28)29)8(6)3-20)14(30)34-5-10(27)35-15(16(22,23)24)17(25,26)36(31,32)33/h15H,1-5H2,(H,28,29)(H,31,32,33). The molecular weight excluding hydrogens is 518 g/mol. The number of alkyl halides is 5. The lowest BCUT2D eigenvalue weighted by Gasteiger charge is -2.26. The van der Waals surface area contributed by atoms with Crippen LogP contribution in [0.5, 0.6) is 0 Å². The Kier molecular flexibility index (Phi) is 10.2. The molecule has 1 atom stereocenters. The maximum atomic E-state index is 13.5. The van der Waals surface area contributed by atoms with E-state index in [-0.39, 0.29) is 34.9 Å². The molecule has 19 heteroatoms. The molecular formula is C17H13B4F5O9S. The minimum atomic E-state index is -6.70. The summed E-state index contributed by atoms with van der Waals surface area (Å²) < 4.78 is 103. The molecule has 0 aliphatic carbocycles. The average molecular weight is 532 g/mol. The molecule has 1 aromatic carbocycles. The van der Waals surface area contributed by atoms with E-state index in [0.717, 1.165) is 0 Å². The molecule has 0 aliphatic rings. The summed E-state index contributed by atoms with van der Waals surface area (Å²) in [5.41, 5.74) is -1.68. The van der Waals surface area contributed by atoms with Gasteiger partial charge in [-0.25, -0.2) is 14.4 Å². The van der Waals surface area contributed by atoms with Crippen LogP contribution in [0.15, 0.2) is 0 Å². The number of carboxylic acids is 1. The van der Waals surface area contributed by atoms with Gasteiger partial charge in [-0.15, -0.1) is 0 Å². The van der Waals surface area contributed by atoms with Crippen LogP contribution in [0.2, 0.25) is 0 Å². The van der Waals surface area contributed by atoms with Gasteiger partial charge in [0.05, 0.1) is 42.5 Å². The third-order valence-electron chi connectivity index (χ3n) is 4.70. The molecule has 0 fully saturated rings. The van der Waals surface area contributed by atoms with Crippen molar-refractivity contribution in [2.45, 2.75) is 42.8 Å². The summed E-state index contributed by atoms with van der Waals surface area (Å²) in [5.74, 6) is -5.72. The molecule has 9 nitrogen and oxygen atoms in total. The van der Waals surface area contributed by atoms with Crippen molar-refractivity contribution >= 4 is 59.4 Å². The number of esters is 2. The molecule has 1 rings (SSSR count). The quantitative estimate of drug-likeness (QED) is 0.177. The number of carbonyl (C=O) groups is 3. The molecule has 1 aromatic rings. The fraction of sp³-hybridized carbons (Fsp3) is 0.471. The van der Waals surface area contributed by atoms with Gasteiger partial charge in [0.1, 0.15) is 0 Å². The van der Waals surface area contributed by atoms with E-state index in [1.54, 1.807) is 0 Å². The van der Waals surface area contributed by atoms with Crippen molar-refractivity contribution < 1.29 is 63.9 Å². The third-order valence-corrected chi connectivity index (χ3v) is 5.60. The van der Waals surface area contributed by atoms with E-state index in [2.05, 4.69) is 9.47 Å². The van der Waals surface area contributed by atoms with E-state index in [4.69, 9.17) is 35.9 Å². The Bertz CT molecular complexity index is 1140. The summed E-state index contributed by atoms with van der Waals surface area (Å²) in [6.07, 6.45) is -12.5. The molecule has 0 spiro atoms. The van der Waals surface area contributed by atoms with E-state index in [0.29, 0.717) is 0 Å². The van der Waals surface area contributed by atoms with Crippen LogP contribution in [0, 0.1) is 0 Å². The van der Waals surface area contributed by atoms with Crippen molar-refractivity contribution in [1.29, 1.82) is 0 Å². The maximum absolute atomic E-state index is 13.5. The molecule has 0 aliphatic heterocycles. The summed E-state index contributed by atoms with van der Waals surface area (Å²) in [7, 11) is 15.7. The van der Waals surface area contributed by atoms with Crippen molar-refractivity contribution in [3.05, 3.63) is 33.4 Å². The van der Waals surface area contributed by atoms with Gasteiger partial charge >= 0.3 is 39.5 Å². The number of carboxylic acid groups (broad SMARTS) is 1. The van der Waals surface area contributed by atoms with Crippen molar-refractivity contribution in [1.82, 2.24) is 0 Å². The number of hydrogen-bond acceptors (Lipinski definition) is 7. The second-order valence-electron chi connectivity index (χ2n) is 6.81. The van der Waals surface area contributed by atoms with Crippen LogP contribution in [0.3, 0.4) is 0 Å². The largest absolute Gasteiger partial charge is 0.478 e. The van der Waals surface area contributed by atoms with Crippen molar-refractivity contribution in [3.8, 4) is 0 Å². The lowest BCUT2D eigenvalue weighted by molar-refractivity contribution is -0.259. The second-order valence-corrected chi connectivity index (χ2v) is 8.30. The number of hydrogen-bond donors (Lipinski definition) is 2. The number of ether oxygens (including phenoxy) is 2. The van der Waals surface area contributed by atoms with Gasteiger partial charge in [-0.1, -0.05) is 36.4 Å². The third kappa shape index (κ3) is 6.41. The lowest BCUT2D eigenvalue weighted by Crippen LogP contribution is -2.52. The number of rotatable bonds is 11. The molecule has 188 valence electrons. The highest BCUT2D eigenvalue weighted by Crippen LogP contribution is 2.38. The molecule has 0 heterocycles. The Balaban J connectivity index is 3.43. The van der Waals surface area contributed by atoms with Gasteiger partial charge in [-0.05, 0) is 11.1 Å². The van der Waals surface area contributed by atoms with Gasteiger partial charge in [-0.3, -0.25) is 4.55 Å². The molecule has 0 aromatic heterocycles. The lowest BCUT2D eigenvalue weighted by atomic mass is 9.72. The van der Waals surface area contributed by atoms with E-state index in [1.165, 1.54) is 0 Å². The normalized spacial score (nSPS) is 13.2. The zero-order chi connectivity index (χ0) is 28.2. The van der Waals surface area contributed by atoms with E-state index >= 15 is 0 Å². The first-order valence-corrected chi connectivity index (χ1v) is 10.9. The van der Waals surface area contributed by atoms with Crippen LogP contribution >= 0.6 is 0 Å². The summed E-state index contributed by atoms with van der Waals surface area (Å²) >= 11 is 0.